The molecule has 0 radical (unpaired) electrons. The van der Waals surface area contributed by atoms with E-state index in [0.29, 0.717) is 25.4 Å². The molecule has 3 N–H and O–H groups in total. The molecule has 0 aromatic rings. The molecule has 0 spiro atoms. The Balaban J connectivity index is 4.16. The van der Waals surface area contributed by atoms with Crippen LogP contribution in [0.2, 0.25) is 0 Å². The molecule has 0 aromatic heterocycles. The van der Waals surface area contributed by atoms with Crippen LogP contribution in [0.3, 0.4) is 0 Å². The Morgan fingerprint density at radius 2 is 1.76 bits per heavy atom. The lowest BCUT2D eigenvalue weighted by molar-refractivity contribution is -0.137. The highest BCUT2D eigenvalue weighted by Crippen LogP contribution is 2.01. The summed E-state index contributed by atoms with van der Waals surface area (Å²) in [6.07, 6.45) is 0.542. The molecule has 0 aliphatic rings. The molecular weight excluding hydrogens is 274 g/mol. The van der Waals surface area contributed by atoms with Gasteiger partial charge in [-0.1, -0.05) is 13.8 Å². The van der Waals surface area contributed by atoms with Crippen LogP contribution in [0.15, 0.2) is 0 Å². The van der Waals surface area contributed by atoms with Crippen molar-refractivity contribution in [1.29, 1.82) is 0 Å². The van der Waals surface area contributed by atoms with Crippen molar-refractivity contribution in [2.75, 3.05) is 19.6 Å². The van der Waals surface area contributed by atoms with Gasteiger partial charge in [-0.3, -0.25) is 19.8 Å². The van der Waals surface area contributed by atoms with E-state index in [1.807, 2.05) is 32.6 Å². The number of nitrogens with zero attached hydrogens (tertiary/aromatic N) is 1. The normalized spacial score (nSPS) is 11.0. The highest BCUT2D eigenvalue weighted by molar-refractivity contribution is 5.95. The van der Waals surface area contributed by atoms with Crippen molar-refractivity contribution in [2.24, 2.45) is 5.92 Å². The number of carboxylic acid groups (broad SMARTS) is 1. The molecule has 0 aromatic carbocycles. The summed E-state index contributed by atoms with van der Waals surface area (Å²) in [5.74, 6) is -0.925. The Labute approximate surface area is 126 Å². The standard InChI is InChI=1S/C14H27N3O4/c1-10(2)8-15-14(21)16-12(18)9-17(11(3)4)7-5-6-13(19)20/h10-11H,5-9H2,1-4H3,(H,19,20)(H2,15,16,18,21). The zero-order valence-corrected chi connectivity index (χ0v) is 13.3. The molecule has 0 unspecified atom stereocenters. The summed E-state index contributed by atoms with van der Waals surface area (Å²) >= 11 is 0. The molecule has 7 nitrogen and oxygen atoms in total. The van der Waals surface area contributed by atoms with Crippen molar-refractivity contribution >= 4 is 17.9 Å². The predicted octanol–water partition coefficient (Wildman–Crippen LogP) is 1.04. The summed E-state index contributed by atoms with van der Waals surface area (Å²) in [6.45, 7) is 8.86. The van der Waals surface area contributed by atoms with Crippen LogP contribution in [0, 0.1) is 5.92 Å². The summed E-state index contributed by atoms with van der Waals surface area (Å²) < 4.78 is 0. The molecule has 0 bridgehead atoms. The zero-order valence-electron chi connectivity index (χ0n) is 13.3. The van der Waals surface area contributed by atoms with E-state index in [-0.39, 0.29) is 24.9 Å². The lowest BCUT2D eigenvalue weighted by atomic mass is 10.2. The summed E-state index contributed by atoms with van der Waals surface area (Å²) in [5, 5.41) is 13.5. The second-order valence-electron chi connectivity index (χ2n) is 5.71. The summed E-state index contributed by atoms with van der Waals surface area (Å²) in [4.78, 5) is 35.6. The van der Waals surface area contributed by atoms with E-state index >= 15 is 0 Å². The van der Waals surface area contributed by atoms with Crippen molar-refractivity contribution in [3.05, 3.63) is 0 Å². The highest BCUT2D eigenvalue weighted by atomic mass is 16.4. The maximum absolute atomic E-state index is 11.8. The molecule has 0 rings (SSSR count). The third-order valence-electron chi connectivity index (χ3n) is 2.84. The summed E-state index contributed by atoms with van der Waals surface area (Å²) in [6, 6.07) is -0.397. The van der Waals surface area contributed by atoms with Gasteiger partial charge < -0.3 is 10.4 Å². The number of hydrogen-bond acceptors (Lipinski definition) is 4. The second-order valence-corrected chi connectivity index (χ2v) is 5.71. The van der Waals surface area contributed by atoms with Crippen LogP contribution in [0.5, 0.6) is 0 Å². The number of carboxylic acids is 1. The van der Waals surface area contributed by atoms with Crippen LogP contribution in [0.1, 0.15) is 40.5 Å². The van der Waals surface area contributed by atoms with Gasteiger partial charge in [0.15, 0.2) is 0 Å². The lowest BCUT2D eigenvalue weighted by Gasteiger charge is -2.25. The van der Waals surface area contributed by atoms with Gasteiger partial charge in [0.05, 0.1) is 6.54 Å². The van der Waals surface area contributed by atoms with Crippen LogP contribution in [0.25, 0.3) is 0 Å². The Hall–Kier alpha value is -1.63. The van der Waals surface area contributed by atoms with E-state index in [0.717, 1.165) is 0 Å². The first-order chi connectivity index (χ1) is 9.72. The Morgan fingerprint density at radius 1 is 1.14 bits per heavy atom. The highest BCUT2D eigenvalue weighted by Gasteiger charge is 2.16. The number of hydrogen-bond donors (Lipinski definition) is 3. The van der Waals surface area contributed by atoms with Gasteiger partial charge in [-0.2, -0.15) is 0 Å². The number of nitrogens with one attached hydrogen (secondary N) is 2. The number of imide groups is 1. The van der Waals surface area contributed by atoms with Crippen LogP contribution >= 0.6 is 0 Å². The number of aliphatic carboxylic acids is 1. The lowest BCUT2D eigenvalue weighted by Crippen LogP contribution is -2.47. The number of carbonyl (C=O) groups excluding carboxylic acids is 2. The first kappa shape index (κ1) is 19.4. The summed E-state index contributed by atoms with van der Waals surface area (Å²) in [7, 11) is 0. The molecule has 0 atom stereocenters. The van der Waals surface area contributed by atoms with E-state index in [4.69, 9.17) is 5.11 Å². The van der Waals surface area contributed by atoms with Gasteiger partial charge in [0.2, 0.25) is 5.91 Å². The van der Waals surface area contributed by atoms with Crippen molar-refractivity contribution in [2.45, 2.75) is 46.6 Å². The molecule has 0 saturated heterocycles. The quantitative estimate of drug-likeness (QED) is 0.591. The molecule has 3 amide bonds. The van der Waals surface area contributed by atoms with E-state index in [1.165, 1.54) is 0 Å². The van der Waals surface area contributed by atoms with Gasteiger partial charge in [0.25, 0.3) is 0 Å². The van der Waals surface area contributed by atoms with Crippen molar-refractivity contribution < 1.29 is 19.5 Å². The minimum absolute atomic E-state index is 0.0692. The van der Waals surface area contributed by atoms with Crippen LogP contribution in [-0.4, -0.2) is 53.6 Å². The Morgan fingerprint density at radius 3 is 2.24 bits per heavy atom. The first-order valence-electron chi connectivity index (χ1n) is 7.25. The monoisotopic (exact) mass is 301 g/mol. The zero-order chi connectivity index (χ0) is 16.4. The molecule has 0 saturated carbocycles. The van der Waals surface area contributed by atoms with Crippen LogP contribution in [0.4, 0.5) is 4.79 Å². The van der Waals surface area contributed by atoms with Gasteiger partial charge in [-0.25, -0.2) is 4.79 Å². The summed E-state index contributed by atoms with van der Waals surface area (Å²) in [5.41, 5.74) is 0. The van der Waals surface area contributed by atoms with E-state index < -0.39 is 12.0 Å². The number of urea groups is 1. The van der Waals surface area contributed by atoms with Gasteiger partial charge in [-0.05, 0) is 32.7 Å². The molecule has 21 heavy (non-hydrogen) atoms. The maximum Gasteiger partial charge on any atom is 0.321 e. The SMILES string of the molecule is CC(C)CNC(=O)NC(=O)CN(CCCC(=O)O)C(C)C. The van der Waals surface area contributed by atoms with E-state index in [1.54, 1.807) is 0 Å². The molecule has 7 heteroatoms. The van der Waals surface area contributed by atoms with Crippen LogP contribution < -0.4 is 10.6 Å². The van der Waals surface area contributed by atoms with Gasteiger partial charge in [0, 0.05) is 19.0 Å². The molecule has 0 heterocycles. The van der Waals surface area contributed by atoms with Gasteiger partial charge in [-0.15, -0.1) is 0 Å². The average molecular weight is 301 g/mol. The number of rotatable bonds is 9. The first-order valence-corrected chi connectivity index (χ1v) is 7.25. The fraction of sp³-hybridized carbons (Fsp3) is 0.786. The third kappa shape index (κ3) is 10.8. The van der Waals surface area contributed by atoms with E-state index in [2.05, 4.69) is 10.6 Å². The topological polar surface area (TPSA) is 98.7 Å². The maximum atomic E-state index is 11.8. The van der Waals surface area contributed by atoms with E-state index in [9.17, 15) is 14.4 Å². The van der Waals surface area contributed by atoms with Crippen molar-refractivity contribution in [3.8, 4) is 0 Å². The average Bonchev–Trinajstić information content (AvgIpc) is 2.34. The Kier molecular flexibility index (Phi) is 9.36. The third-order valence-corrected chi connectivity index (χ3v) is 2.84. The van der Waals surface area contributed by atoms with Crippen LogP contribution in [-0.2, 0) is 9.59 Å². The molecular formula is C14H27N3O4. The molecule has 0 aliphatic heterocycles. The Bertz CT molecular complexity index is 356. The van der Waals surface area contributed by atoms with Crippen molar-refractivity contribution in [1.82, 2.24) is 15.5 Å². The minimum atomic E-state index is -0.851. The van der Waals surface area contributed by atoms with Gasteiger partial charge in [0.1, 0.15) is 0 Å². The fourth-order valence-corrected chi connectivity index (χ4v) is 1.64. The molecule has 0 aliphatic carbocycles. The minimum Gasteiger partial charge on any atom is -0.481 e. The molecule has 122 valence electrons. The smallest absolute Gasteiger partial charge is 0.321 e. The van der Waals surface area contributed by atoms with Gasteiger partial charge >= 0.3 is 12.0 Å². The number of carbonyl (C=O) groups is 3. The fourth-order valence-electron chi connectivity index (χ4n) is 1.64. The largest absolute Gasteiger partial charge is 0.481 e. The van der Waals surface area contributed by atoms with Crippen molar-refractivity contribution in [3.63, 3.8) is 0 Å². The predicted molar refractivity (Wildman–Crippen MR) is 80.0 cm³/mol. The second kappa shape index (κ2) is 10.1. The molecule has 0 fully saturated rings. The number of amides is 3.